The molecule has 0 fully saturated rings. The topological polar surface area (TPSA) is 65.7 Å². The summed E-state index contributed by atoms with van der Waals surface area (Å²) in [6.45, 7) is 6.07. The highest BCUT2D eigenvalue weighted by atomic mass is 35.5. The van der Waals surface area contributed by atoms with E-state index in [1.807, 2.05) is 6.92 Å². The van der Waals surface area contributed by atoms with E-state index >= 15 is 0 Å². The standard InChI is InChI=1S/C11H14ClN5O/c1-7(2)8(3)18-11-15-9(12)14-10(16-11)17-6-4-5-13-17/h4-8H,1-3H3. The summed E-state index contributed by atoms with van der Waals surface area (Å²) in [6.07, 6.45) is 3.35. The average molecular weight is 268 g/mol. The maximum Gasteiger partial charge on any atom is 0.322 e. The molecule has 0 N–H and O–H groups in total. The molecular weight excluding hydrogens is 254 g/mol. The summed E-state index contributed by atoms with van der Waals surface area (Å²) in [4.78, 5) is 12.1. The van der Waals surface area contributed by atoms with E-state index in [1.54, 1.807) is 18.5 Å². The molecule has 0 bridgehead atoms. The molecule has 0 aliphatic heterocycles. The minimum atomic E-state index is -0.00561. The molecule has 18 heavy (non-hydrogen) atoms. The average Bonchev–Trinajstić information content (AvgIpc) is 2.81. The molecule has 7 heteroatoms. The summed E-state index contributed by atoms with van der Waals surface area (Å²) in [7, 11) is 0. The summed E-state index contributed by atoms with van der Waals surface area (Å²) in [5.41, 5.74) is 0. The molecule has 0 aromatic carbocycles. The Bertz CT molecular complexity index is 514. The lowest BCUT2D eigenvalue weighted by molar-refractivity contribution is 0.155. The van der Waals surface area contributed by atoms with Crippen molar-refractivity contribution in [1.29, 1.82) is 0 Å². The van der Waals surface area contributed by atoms with Gasteiger partial charge in [0.05, 0.1) is 0 Å². The second kappa shape index (κ2) is 5.30. The van der Waals surface area contributed by atoms with Gasteiger partial charge in [-0.2, -0.15) is 20.1 Å². The fraction of sp³-hybridized carbons (Fsp3) is 0.455. The first kappa shape index (κ1) is 12.8. The highest BCUT2D eigenvalue weighted by molar-refractivity contribution is 6.28. The van der Waals surface area contributed by atoms with Crippen molar-refractivity contribution in [2.45, 2.75) is 26.9 Å². The van der Waals surface area contributed by atoms with Crippen LogP contribution in [0.25, 0.3) is 5.95 Å². The van der Waals surface area contributed by atoms with Crippen molar-refractivity contribution >= 4 is 11.6 Å². The minimum absolute atomic E-state index is 0.00561. The second-order valence-electron chi connectivity index (χ2n) is 4.20. The van der Waals surface area contributed by atoms with Crippen molar-refractivity contribution in [1.82, 2.24) is 24.7 Å². The molecule has 1 atom stereocenters. The Morgan fingerprint density at radius 1 is 1.22 bits per heavy atom. The highest BCUT2D eigenvalue weighted by Crippen LogP contribution is 2.14. The van der Waals surface area contributed by atoms with Crippen molar-refractivity contribution < 1.29 is 4.74 Å². The highest BCUT2D eigenvalue weighted by Gasteiger charge is 2.13. The maximum atomic E-state index is 5.85. The fourth-order valence-electron chi connectivity index (χ4n) is 1.17. The number of ether oxygens (including phenoxy) is 1. The van der Waals surface area contributed by atoms with Crippen LogP contribution in [0.2, 0.25) is 5.28 Å². The van der Waals surface area contributed by atoms with E-state index in [9.17, 15) is 0 Å². The van der Waals surface area contributed by atoms with Gasteiger partial charge in [0.1, 0.15) is 6.10 Å². The van der Waals surface area contributed by atoms with E-state index < -0.39 is 0 Å². The zero-order chi connectivity index (χ0) is 13.1. The summed E-state index contributed by atoms with van der Waals surface area (Å²) in [5, 5.41) is 4.12. The van der Waals surface area contributed by atoms with Gasteiger partial charge in [-0.1, -0.05) is 13.8 Å². The molecule has 0 radical (unpaired) electrons. The normalized spacial score (nSPS) is 12.7. The van der Waals surface area contributed by atoms with E-state index in [2.05, 4.69) is 33.9 Å². The lowest BCUT2D eigenvalue weighted by atomic mass is 10.1. The smallest absolute Gasteiger partial charge is 0.322 e. The molecule has 0 amide bonds. The SMILES string of the molecule is CC(C)C(C)Oc1nc(Cl)nc(-n2cccn2)n1. The van der Waals surface area contributed by atoms with Crippen LogP contribution < -0.4 is 4.74 Å². The van der Waals surface area contributed by atoms with Gasteiger partial charge in [0.15, 0.2) is 0 Å². The van der Waals surface area contributed by atoms with Crippen LogP contribution in [0.1, 0.15) is 20.8 Å². The fourth-order valence-corrected chi connectivity index (χ4v) is 1.31. The van der Waals surface area contributed by atoms with Gasteiger partial charge in [-0.05, 0) is 30.5 Å². The number of hydrogen-bond donors (Lipinski definition) is 0. The minimum Gasteiger partial charge on any atom is -0.460 e. The lowest BCUT2D eigenvalue weighted by Gasteiger charge is -2.16. The quantitative estimate of drug-likeness (QED) is 0.849. The summed E-state index contributed by atoms with van der Waals surface area (Å²) < 4.78 is 7.11. The zero-order valence-corrected chi connectivity index (χ0v) is 11.2. The van der Waals surface area contributed by atoms with Crippen LogP contribution in [-0.4, -0.2) is 30.8 Å². The molecule has 0 aliphatic rings. The van der Waals surface area contributed by atoms with Gasteiger partial charge in [-0.25, -0.2) is 4.68 Å². The van der Waals surface area contributed by atoms with E-state index in [4.69, 9.17) is 16.3 Å². The molecule has 2 heterocycles. The van der Waals surface area contributed by atoms with Crippen molar-refractivity contribution in [2.75, 3.05) is 0 Å². The Kier molecular flexibility index (Phi) is 3.76. The Balaban J connectivity index is 2.27. The van der Waals surface area contributed by atoms with Gasteiger partial charge in [-0.3, -0.25) is 0 Å². The third kappa shape index (κ3) is 2.95. The van der Waals surface area contributed by atoms with Gasteiger partial charge < -0.3 is 4.74 Å². The number of rotatable bonds is 4. The molecular formula is C11H14ClN5O. The second-order valence-corrected chi connectivity index (χ2v) is 4.54. The predicted octanol–water partition coefficient (Wildman–Crippen LogP) is 2.13. The van der Waals surface area contributed by atoms with Gasteiger partial charge in [0, 0.05) is 12.4 Å². The van der Waals surface area contributed by atoms with Gasteiger partial charge in [-0.15, -0.1) is 0 Å². The Labute approximate surface area is 110 Å². The molecule has 96 valence electrons. The Hall–Kier alpha value is -1.69. The van der Waals surface area contributed by atoms with Gasteiger partial charge in [0.25, 0.3) is 5.95 Å². The van der Waals surface area contributed by atoms with E-state index in [0.717, 1.165) is 0 Å². The van der Waals surface area contributed by atoms with Crippen molar-refractivity contribution in [3.05, 3.63) is 23.7 Å². The predicted molar refractivity (Wildman–Crippen MR) is 66.9 cm³/mol. The molecule has 0 spiro atoms. The first-order valence-electron chi connectivity index (χ1n) is 5.64. The molecule has 6 nitrogen and oxygen atoms in total. The first-order chi connectivity index (χ1) is 8.56. The monoisotopic (exact) mass is 267 g/mol. The maximum absolute atomic E-state index is 5.85. The van der Waals surface area contributed by atoms with Crippen molar-refractivity contribution in [2.24, 2.45) is 5.92 Å². The van der Waals surface area contributed by atoms with E-state index in [1.165, 1.54) is 4.68 Å². The zero-order valence-electron chi connectivity index (χ0n) is 10.4. The number of hydrogen-bond acceptors (Lipinski definition) is 5. The molecule has 2 rings (SSSR count). The van der Waals surface area contributed by atoms with Crippen LogP contribution in [0.5, 0.6) is 6.01 Å². The van der Waals surface area contributed by atoms with Crippen LogP contribution >= 0.6 is 11.6 Å². The summed E-state index contributed by atoms with van der Waals surface area (Å²) in [6, 6.07) is 1.98. The van der Waals surface area contributed by atoms with Crippen LogP contribution in [0.15, 0.2) is 18.5 Å². The van der Waals surface area contributed by atoms with Crippen LogP contribution in [-0.2, 0) is 0 Å². The van der Waals surface area contributed by atoms with Crippen molar-refractivity contribution in [3.8, 4) is 12.0 Å². The molecule has 2 aromatic rings. The summed E-state index contributed by atoms with van der Waals surface area (Å²) >= 11 is 5.85. The third-order valence-corrected chi connectivity index (χ3v) is 2.68. The summed E-state index contributed by atoms with van der Waals surface area (Å²) in [5.74, 6) is 0.694. The van der Waals surface area contributed by atoms with Crippen LogP contribution in [0.3, 0.4) is 0 Å². The van der Waals surface area contributed by atoms with Gasteiger partial charge in [0.2, 0.25) is 5.28 Å². The molecule has 0 saturated carbocycles. The molecule has 0 saturated heterocycles. The number of aromatic nitrogens is 5. The molecule has 0 aliphatic carbocycles. The van der Waals surface area contributed by atoms with Crippen LogP contribution in [0, 0.1) is 5.92 Å². The largest absolute Gasteiger partial charge is 0.460 e. The Morgan fingerprint density at radius 3 is 2.61 bits per heavy atom. The van der Waals surface area contributed by atoms with Crippen LogP contribution in [0.4, 0.5) is 0 Å². The Morgan fingerprint density at radius 2 is 2.00 bits per heavy atom. The van der Waals surface area contributed by atoms with E-state index in [-0.39, 0.29) is 17.4 Å². The van der Waals surface area contributed by atoms with Gasteiger partial charge >= 0.3 is 6.01 Å². The van der Waals surface area contributed by atoms with E-state index in [0.29, 0.717) is 11.9 Å². The first-order valence-corrected chi connectivity index (χ1v) is 6.02. The lowest BCUT2D eigenvalue weighted by Crippen LogP contribution is -2.20. The number of nitrogens with zero attached hydrogens (tertiary/aromatic N) is 5. The van der Waals surface area contributed by atoms with Crippen molar-refractivity contribution in [3.63, 3.8) is 0 Å². The molecule has 2 aromatic heterocycles. The third-order valence-electron chi connectivity index (χ3n) is 2.52. The molecule has 1 unspecified atom stereocenters. The number of halogens is 1.